The lowest BCUT2D eigenvalue weighted by Crippen LogP contribution is -2.27. The molecule has 0 unspecified atom stereocenters. The third-order valence-corrected chi connectivity index (χ3v) is 5.69. The van der Waals surface area contributed by atoms with Crippen molar-refractivity contribution in [2.75, 3.05) is 0 Å². The summed E-state index contributed by atoms with van der Waals surface area (Å²) in [6.45, 7) is 0.0106. The zero-order valence-corrected chi connectivity index (χ0v) is 15.9. The third-order valence-electron chi connectivity index (χ3n) is 4.43. The Morgan fingerprint density at radius 3 is 2.74 bits per heavy atom. The number of fused-ring (bicyclic) bond motifs is 1. The molecule has 7 heteroatoms. The lowest BCUT2D eigenvalue weighted by Gasteiger charge is -2.13. The standard InChI is InChI=1S/C20H14ClFN2O2S/c1-23-10-13(15-4-2-3-5-17(15)23)8-18-19(25)24(20(26)27-18)11-12-6-7-14(22)9-16(12)21/h2-10H,11H2,1H3/b18-8+. The molecule has 0 aliphatic carbocycles. The topological polar surface area (TPSA) is 42.3 Å². The Hall–Kier alpha value is -2.57. The number of hydrogen-bond donors (Lipinski definition) is 0. The molecule has 1 aliphatic rings. The molecule has 0 bridgehead atoms. The van der Waals surface area contributed by atoms with E-state index in [9.17, 15) is 14.0 Å². The van der Waals surface area contributed by atoms with Crippen LogP contribution in [0.4, 0.5) is 9.18 Å². The highest BCUT2D eigenvalue weighted by Gasteiger charge is 2.35. The van der Waals surface area contributed by atoms with Gasteiger partial charge in [-0.25, -0.2) is 4.39 Å². The minimum atomic E-state index is -0.464. The molecule has 1 fully saturated rings. The van der Waals surface area contributed by atoms with E-state index in [1.165, 1.54) is 18.2 Å². The molecule has 0 N–H and O–H groups in total. The quantitative estimate of drug-likeness (QED) is 0.567. The average molecular weight is 401 g/mol. The summed E-state index contributed by atoms with van der Waals surface area (Å²) in [6.07, 6.45) is 3.66. The van der Waals surface area contributed by atoms with Crippen molar-refractivity contribution in [3.63, 3.8) is 0 Å². The number of thioether (sulfide) groups is 1. The number of aryl methyl sites for hydroxylation is 1. The minimum absolute atomic E-state index is 0.0106. The molecule has 1 saturated heterocycles. The number of halogens is 2. The highest BCUT2D eigenvalue weighted by Crippen LogP contribution is 2.35. The molecule has 27 heavy (non-hydrogen) atoms. The number of hydrogen-bond acceptors (Lipinski definition) is 3. The van der Waals surface area contributed by atoms with Gasteiger partial charge < -0.3 is 4.57 Å². The van der Waals surface area contributed by atoms with Crippen molar-refractivity contribution < 1.29 is 14.0 Å². The number of imide groups is 1. The predicted molar refractivity (Wildman–Crippen MR) is 106 cm³/mol. The van der Waals surface area contributed by atoms with E-state index < -0.39 is 5.82 Å². The van der Waals surface area contributed by atoms with Gasteiger partial charge in [-0.1, -0.05) is 35.9 Å². The molecule has 1 aromatic heterocycles. The van der Waals surface area contributed by atoms with E-state index in [1.807, 2.05) is 42.1 Å². The summed E-state index contributed by atoms with van der Waals surface area (Å²) < 4.78 is 15.2. The average Bonchev–Trinajstić information content (AvgIpc) is 3.09. The van der Waals surface area contributed by atoms with Crippen molar-refractivity contribution >= 4 is 51.5 Å². The SMILES string of the molecule is Cn1cc(/C=C2/SC(=O)N(Cc3ccc(F)cc3Cl)C2=O)c2ccccc21. The van der Waals surface area contributed by atoms with Crippen LogP contribution in [0.25, 0.3) is 17.0 Å². The first-order valence-corrected chi connectivity index (χ1v) is 9.37. The summed E-state index contributed by atoms with van der Waals surface area (Å²) in [7, 11) is 1.93. The van der Waals surface area contributed by atoms with Gasteiger partial charge in [0.1, 0.15) is 5.82 Å². The van der Waals surface area contributed by atoms with Crippen LogP contribution in [-0.2, 0) is 18.4 Å². The molecule has 2 amide bonds. The Morgan fingerprint density at radius 1 is 1.19 bits per heavy atom. The van der Waals surface area contributed by atoms with E-state index in [-0.39, 0.29) is 22.7 Å². The second kappa shape index (κ2) is 6.87. The predicted octanol–water partition coefficient (Wildman–Crippen LogP) is 5.21. The van der Waals surface area contributed by atoms with E-state index >= 15 is 0 Å². The first kappa shape index (κ1) is 17.8. The normalized spacial score (nSPS) is 16.1. The van der Waals surface area contributed by atoms with Gasteiger partial charge in [-0.05, 0) is 41.6 Å². The summed E-state index contributed by atoms with van der Waals surface area (Å²) in [5, 5.41) is 0.826. The number of carbonyl (C=O) groups is 2. The maximum Gasteiger partial charge on any atom is 0.293 e. The first-order chi connectivity index (χ1) is 12.9. The number of carbonyl (C=O) groups excluding carboxylic acids is 2. The number of aromatic nitrogens is 1. The summed E-state index contributed by atoms with van der Waals surface area (Å²) in [5.74, 6) is -0.841. The van der Waals surface area contributed by atoms with Crippen molar-refractivity contribution in [2.24, 2.45) is 7.05 Å². The van der Waals surface area contributed by atoms with Crippen molar-refractivity contribution in [3.05, 3.63) is 75.5 Å². The Morgan fingerprint density at radius 2 is 1.96 bits per heavy atom. The fraction of sp³-hybridized carbons (Fsp3) is 0.100. The van der Waals surface area contributed by atoms with Crippen molar-refractivity contribution in [1.82, 2.24) is 9.47 Å². The van der Waals surface area contributed by atoms with Gasteiger partial charge in [-0.2, -0.15) is 0 Å². The summed E-state index contributed by atoms with van der Waals surface area (Å²) in [4.78, 5) is 26.6. The van der Waals surface area contributed by atoms with Crippen LogP contribution in [0.3, 0.4) is 0 Å². The number of para-hydroxylation sites is 1. The number of amides is 2. The van der Waals surface area contributed by atoms with E-state index in [1.54, 1.807) is 6.08 Å². The largest absolute Gasteiger partial charge is 0.350 e. The molecule has 0 saturated carbocycles. The smallest absolute Gasteiger partial charge is 0.293 e. The highest BCUT2D eigenvalue weighted by molar-refractivity contribution is 8.18. The highest BCUT2D eigenvalue weighted by atomic mass is 35.5. The van der Waals surface area contributed by atoms with Crippen LogP contribution in [0.2, 0.25) is 5.02 Å². The van der Waals surface area contributed by atoms with Gasteiger partial charge in [0, 0.05) is 34.7 Å². The molecule has 2 aromatic carbocycles. The summed E-state index contributed by atoms with van der Waals surface area (Å²) in [6, 6.07) is 11.8. The third kappa shape index (κ3) is 3.26. The van der Waals surface area contributed by atoms with Crippen molar-refractivity contribution in [1.29, 1.82) is 0 Å². The van der Waals surface area contributed by atoms with Gasteiger partial charge >= 0.3 is 0 Å². The molecule has 4 rings (SSSR count). The maximum absolute atomic E-state index is 13.2. The number of benzene rings is 2. The van der Waals surface area contributed by atoms with Crippen molar-refractivity contribution in [3.8, 4) is 0 Å². The minimum Gasteiger partial charge on any atom is -0.350 e. The Balaban J connectivity index is 1.65. The zero-order chi connectivity index (χ0) is 19.1. The van der Waals surface area contributed by atoms with Gasteiger partial charge in [0.2, 0.25) is 0 Å². The van der Waals surface area contributed by atoms with E-state index in [4.69, 9.17) is 11.6 Å². The van der Waals surface area contributed by atoms with Crippen LogP contribution in [0, 0.1) is 5.82 Å². The fourth-order valence-corrected chi connectivity index (χ4v) is 4.14. The molecule has 2 heterocycles. The first-order valence-electron chi connectivity index (χ1n) is 8.17. The van der Waals surface area contributed by atoms with Crippen LogP contribution in [0.15, 0.2) is 53.6 Å². The Labute approximate surface area is 164 Å². The van der Waals surface area contributed by atoms with Crippen LogP contribution < -0.4 is 0 Å². The second-order valence-electron chi connectivity index (χ2n) is 6.22. The maximum atomic E-state index is 13.2. The van der Waals surface area contributed by atoms with E-state index in [2.05, 4.69) is 0 Å². The molecule has 136 valence electrons. The molecular formula is C20H14ClFN2O2S. The molecule has 3 aromatic rings. The zero-order valence-electron chi connectivity index (χ0n) is 14.3. The van der Waals surface area contributed by atoms with Gasteiger partial charge in [-0.15, -0.1) is 0 Å². The van der Waals surface area contributed by atoms with Gasteiger partial charge in [-0.3, -0.25) is 14.5 Å². The molecule has 0 spiro atoms. The molecule has 1 aliphatic heterocycles. The summed E-state index contributed by atoms with van der Waals surface area (Å²) >= 11 is 6.92. The van der Waals surface area contributed by atoms with E-state index in [0.29, 0.717) is 10.5 Å². The van der Waals surface area contributed by atoms with Crippen LogP contribution in [-0.4, -0.2) is 20.6 Å². The van der Waals surface area contributed by atoms with Gasteiger partial charge in [0.05, 0.1) is 11.4 Å². The van der Waals surface area contributed by atoms with E-state index in [0.717, 1.165) is 33.1 Å². The molecule has 0 atom stereocenters. The fourth-order valence-electron chi connectivity index (χ4n) is 3.09. The summed E-state index contributed by atoms with van der Waals surface area (Å²) in [5.41, 5.74) is 2.44. The molecule has 4 nitrogen and oxygen atoms in total. The number of rotatable bonds is 3. The lowest BCUT2D eigenvalue weighted by molar-refractivity contribution is -0.123. The molecular weight excluding hydrogens is 387 g/mol. The number of nitrogens with zero attached hydrogens (tertiary/aromatic N) is 2. The monoisotopic (exact) mass is 400 g/mol. The van der Waals surface area contributed by atoms with Crippen LogP contribution in [0.5, 0.6) is 0 Å². The van der Waals surface area contributed by atoms with Gasteiger partial charge in [0.15, 0.2) is 0 Å². The van der Waals surface area contributed by atoms with Gasteiger partial charge in [0.25, 0.3) is 11.1 Å². The molecule has 0 radical (unpaired) electrons. The lowest BCUT2D eigenvalue weighted by atomic mass is 10.1. The Bertz CT molecular complexity index is 1120. The van der Waals surface area contributed by atoms with Crippen LogP contribution in [0.1, 0.15) is 11.1 Å². The van der Waals surface area contributed by atoms with Crippen LogP contribution >= 0.6 is 23.4 Å². The van der Waals surface area contributed by atoms with Crippen molar-refractivity contribution in [2.45, 2.75) is 6.54 Å². The second-order valence-corrected chi connectivity index (χ2v) is 7.62. The Kier molecular flexibility index (Phi) is 4.53.